The van der Waals surface area contributed by atoms with E-state index in [1.807, 2.05) is 0 Å². The lowest BCUT2D eigenvalue weighted by Gasteiger charge is -2.36. The van der Waals surface area contributed by atoms with Crippen LogP contribution in [0.4, 0.5) is 0 Å². The van der Waals surface area contributed by atoms with Gasteiger partial charge in [0.25, 0.3) is 0 Å². The summed E-state index contributed by atoms with van der Waals surface area (Å²) in [6.07, 6.45) is 1.13. The fourth-order valence-electron chi connectivity index (χ4n) is 2.54. The first kappa shape index (κ1) is 13.7. The largest absolute Gasteiger partial charge is 0.388 e. The Labute approximate surface area is 107 Å². The molecule has 2 unspecified atom stereocenters. The van der Waals surface area contributed by atoms with Crippen molar-refractivity contribution in [2.75, 3.05) is 40.0 Å². The molecule has 2 aliphatic rings. The summed E-state index contributed by atoms with van der Waals surface area (Å²) < 4.78 is 10.4. The Balaban J connectivity index is 1.90. The minimum absolute atomic E-state index is 0.0417. The zero-order valence-corrected chi connectivity index (χ0v) is 10.8. The van der Waals surface area contributed by atoms with Crippen LogP contribution in [0, 0.1) is 5.92 Å². The maximum atomic E-state index is 12.2. The second kappa shape index (κ2) is 5.52. The van der Waals surface area contributed by atoms with Crippen molar-refractivity contribution >= 4 is 5.91 Å². The number of nitrogens with zero attached hydrogens (tertiary/aromatic N) is 1. The smallest absolute Gasteiger partial charge is 0.229 e. The monoisotopic (exact) mass is 258 g/mol. The summed E-state index contributed by atoms with van der Waals surface area (Å²) in [5.74, 6) is -0.321. The molecule has 18 heavy (non-hydrogen) atoms. The van der Waals surface area contributed by atoms with Gasteiger partial charge in [-0.3, -0.25) is 4.79 Å². The number of carbonyl (C=O) groups excluding carboxylic acids is 1. The lowest BCUT2D eigenvalue weighted by molar-refractivity contribution is -0.141. The van der Waals surface area contributed by atoms with Crippen LogP contribution in [0.5, 0.6) is 0 Å². The van der Waals surface area contributed by atoms with Crippen molar-refractivity contribution < 1.29 is 19.4 Å². The fraction of sp³-hybridized carbons (Fsp3) is 0.917. The van der Waals surface area contributed by atoms with Gasteiger partial charge in [0.2, 0.25) is 5.91 Å². The maximum absolute atomic E-state index is 12.2. The van der Waals surface area contributed by atoms with Crippen LogP contribution in [-0.4, -0.2) is 67.6 Å². The van der Waals surface area contributed by atoms with Gasteiger partial charge in [-0.25, -0.2) is 0 Å². The Bertz CT molecular complexity index is 304. The summed E-state index contributed by atoms with van der Waals surface area (Å²) in [4.78, 5) is 13.8. The van der Waals surface area contributed by atoms with Gasteiger partial charge in [-0.15, -0.1) is 0 Å². The molecule has 2 fully saturated rings. The van der Waals surface area contributed by atoms with E-state index < -0.39 is 5.60 Å². The van der Waals surface area contributed by atoms with Crippen LogP contribution in [0.25, 0.3) is 0 Å². The molecule has 0 aromatic carbocycles. The quantitative estimate of drug-likeness (QED) is 0.675. The Morgan fingerprint density at radius 1 is 1.39 bits per heavy atom. The third-order valence-electron chi connectivity index (χ3n) is 3.77. The molecule has 0 aliphatic carbocycles. The topological polar surface area (TPSA) is 85.0 Å². The van der Waals surface area contributed by atoms with Gasteiger partial charge in [-0.1, -0.05) is 0 Å². The summed E-state index contributed by atoms with van der Waals surface area (Å²) in [7, 11) is 1.71. The van der Waals surface area contributed by atoms with E-state index in [2.05, 4.69) is 0 Å². The number of carbonyl (C=O) groups is 1. The number of rotatable bonds is 3. The molecular formula is C12H22N2O4. The van der Waals surface area contributed by atoms with E-state index in [1.54, 1.807) is 11.9 Å². The SMILES string of the molecule is CN(CC1(O)CCOCC1)C(=O)C1COCC1N. The molecule has 0 aromatic rings. The van der Waals surface area contributed by atoms with Gasteiger partial charge in [0.05, 0.1) is 24.7 Å². The molecule has 0 bridgehead atoms. The molecule has 2 rings (SSSR count). The van der Waals surface area contributed by atoms with Gasteiger partial charge in [0.1, 0.15) is 0 Å². The zero-order valence-electron chi connectivity index (χ0n) is 10.8. The van der Waals surface area contributed by atoms with Crippen LogP contribution < -0.4 is 5.73 Å². The molecule has 3 N–H and O–H groups in total. The molecule has 104 valence electrons. The van der Waals surface area contributed by atoms with Crippen molar-refractivity contribution in [2.45, 2.75) is 24.5 Å². The highest BCUT2D eigenvalue weighted by molar-refractivity contribution is 5.79. The molecule has 2 saturated heterocycles. The second-order valence-corrected chi connectivity index (χ2v) is 5.34. The number of amides is 1. The number of hydrogen-bond acceptors (Lipinski definition) is 5. The van der Waals surface area contributed by atoms with E-state index in [1.165, 1.54) is 0 Å². The van der Waals surface area contributed by atoms with E-state index in [9.17, 15) is 9.90 Å². The van der Waals surface area contributed by atoms with E-state index in [0.29, 0.717) is 45.8 Å². The minimum atomic E-state index is -0.827. The summed E-state index contributed by atoms with van der Waals surface area (Å²) in [6, 6.07) is -0.232. The van der Waals surface area contributed by atoms with Crippen LogP contribution in [-0.2, 0) is 14.3 Å². The third-order valence-corrected chi connectivity index (χ3v) is 3.77. The van der Waals surface area contributed by atoms with Crippen molar-refractivity contribution in [2.24, 2.45) is 11.7 Å². The van der Waals surface area contributed by atoms with Crippen molar-refractivity contribution in [1.29, 1.82) is 0 Å². The first-order chi connectivity index (χ1) is 8.52. The van der Waals surface area contributed by atoms with Crippen LogP contribution in [0.15, 0.2) is 0 Å². The lowest BCUT2D eigenvalue weighted by Crippen LogP contribution is -2.50. The van der Waals surface area contributed by atoms with E-state index in [0.717, 1.165) is 0 Å². The van der Waals surface area contributed by atoms with Gasteiger partial charge in [0, 0.05) is 45.7 Å². The molecule has 0 saturated carbocycles. The van der Waals surface area contributed by atoms with Crippen LogP contribution in [0.1, 0.15) is 12.8 Å². The number of hydrogen-bond donors (Lipinski definition) is 2. The van der Waals surface area contributed by atoms with Gasteiger partial charge in [-0.05, 0) is 0 Å². The third kappa shape index (κ3) is 3.00. The first-order valence-corrected chi connectivity index (χ1v) is 6.40. The average molecular weight is 258 g/mol. The van der Waals surface area contributed by atoms with E-state index in [4.69, 9.17) is 15.2 Å². The molecule has 0 spiro atoms. The highest BCUT2D eigenvalue weighted by Crippen LogP contribution is 2.23. The Hall–Kier alpha value is -0.690. The van der Waals surface area contributed by atoms with Crippen molar-refractivity contribution in [3.8, 4) is 0 Å². The summed E-state index contributed by atoms with van der Waals surface area (Å²) >= 11 is 0. The number of nitrogens with two attached hydrogens (primary N) is 1. The van der Waals surface area contributed by atoms with Crippen LogP contribution in [0.3, 0.4) is 0 Å². The van der Waals surface area contributed by atoms with Crippen molar-refractivity contribution in [1.82, 2.24) is 4.90 Å². The molecule has 2 heterocycles. The predicted molar refractivity (Wildman–Crippen MR) is 64.9 cm³/mol. The summed E-state index contributed by atoms with van der Waals surface area (Å²) in [5.41, 5.74) is 5.00. The highest BCUT2D eigenvalue weighted by Gasteiger charge is 2.37. The maximum Gasteiger partial charge on any atom is 0.229 e. The molecular weight excluding hydrogens is 236 g/mol. The second-order valence-electron chi connectivity index (χ2n) is 5.34. The van der Waals surface area contributed by atoms with Gasteiger partial charge < -0.3 is 25.2 Å². The van der Waals surface area contributed by atoms with Crippen LogP contribution in [0.2, 0.25) is 0 Å². The molecule has 2 atom stereocenters. The molecule has 2 aliphatic heterocycles. The summed E-state index contributed by atoms with van der Waals surface area (Å²) in [5, 5.41) is 10.4. The molecule has 6 heteroatoms. The summed E-state index contributed by atoms with van der Waals surface area (Å²) in [6.45, 7) is 2.24. The predicted octanol–water partition coefficient (Wildman–Crippen LogP) is -1.04. The molecule has 0 radical (unpaired) electrons. The van der Waals surface area contributed by atoms with Gasteiger partial charge >= 0.3 is 0 Å². The van der Waals surface area contributed by atoms with E-state index in [-0.39, 0.29) is 17.9 Å². The fourth-order valence-corrected chi connectivity index (χ4v) is 2.54. The van der Waals surface area contributed by atoms with Crippen molar-refractivity contribution in [3.05, 3.63) is 0 Å². The van der Waals surface area contributed by atoms with Gasteiger partial charge in [-0.2, -0.15) is 0 Å². The Morgan fingerprint density at radius 2 is 2.06 bits per heavy atom. The lowest BCUT2D eigenvalue weighted by atomic mass is 9.93. The van der Waals surface area contributed by atoms with Crippen molar-refractivity contribution in [3.63, 3.8) is 0 Å². The highest BCUT2D eigenvalue weighted by atomic mass is 16.5. The first-order valence-electron chi connectivity index (χ1n) is 6.40. The normalized spacial score (nSPS) is 31.3. The number of ether oxygens (including phenoxy) is 2. The van der Waals surface area contributed by atoms with E-state index >= 15 is 0 Å². The Morgan fingerprint density at radius 3 is 2.61 bits per heavy atom. The van der Waals surface area contributed by atoms with Gasteiger partial charge in [0.15, 0.2) is 0 Å². The molecule has 0 aromatic heterocycles. The average Bonchev–Trinajstić information content (AvgIpc) is 2.74. The minimum Gasteiger partial charge on any atom is -0.388 e. The number of aliphatic hydroxyl groups is 1. The number of likely N-dealkylation sites (N-methyl/N-ethyl adjacent to an activating group) is 1. The standard InChI is InChI=1S/C12H22N2O4/c1-14(8-12(16)2-4-17-5-3-12)11(15)9-6-18-7-10(9)13/h9-10,16H,2-8,13H2,1H3. The molecule has 1 amide bonds. The Kier molecular flexibility index (Phi) is 4.21. The zero-order chi connectivity index (χ0) is 13.2. The van der Waals surface area contributed by atoms with Crippen LogP contribution >= 0.6 is 0 Å². The molecule has 6 nitrogen and oxygen atoms in total.